The van der Waals surface area contributed by atoms with Crippen molar-refractivity contribution in [3.05, 3.63) is 194 Å². The standard InChI is InChI=1S/C48H32/c1-3-12-33(13-4-1)35-22-24-36(25-23-35)37-26-29-39(30-27-37)47-41-17-7-9-19-43(41)48(44-20-10-8-18-42(44)47)45-21-11-16-38-28-31-40(32-46(38)45)34-14-5-2-6-15-34/h1-32H. The molecule has 0 nitrogen and oxygen atoms in total. The minimum Gasteiger partial charge on any atom is -0.0622 e. The van der Waals surface area contributed by atoms with Crippen LogP contribution in [0, 0.1) is 0 Å². The molecule has 0 atom stereocenters. The van der Waals surface area contributed by atoms with Crippen LogP contribution in [0.3, 0.4) is 0 Å². The summed E-state index contributed by atoms with van der Waals surface area (Å²) in [7, 11) is 0. The number of hydrogen-bond donors (Lipinski definition) is 0. The maximum Gasteiger partial charge on any atom is -0.00201 e. The Morgan fingerprint density at radius 1 is 0.208 bits per heavy atom. The molecule has 9 aromatic carbocycles. The van der Waals surface area contributed by atoms with Gasteiger partial charge in [0.05, 0.1) is 0 Å². The maximum absolute atomic E-state index is 2.36. The van der Waals surface area contributed by atoms with Crippen molar-refractivity contribution in [3.8, 4) is 55.6 Å². The quantitative estimate of drug-likeness (QED) is 0.171. The van der Waals surface area contributed by atoms with Gasteiger partial charge in [0.1, 0.15) is 0 Å². The molecule has 0 N–H and O–H groups in total. The van der Waals surface area contributed by atoms with Gasteiger partial charge in [0.2, 0.25) is 0 Å². The second-order valence-electron chi connectivity index (χ2n) is 12.5. The first-order chi connectivity index (χ1) is 23.8. The summed E-state index contributed by atoms with van der Waals surface area (Å²) < 4.78 is 0. The SMILES string of the molecule is c1ccc(-c2ccc(-c3ccc(-c4c5ccccc5c(-c5cccc6ccc(-c7ccccc7)cc56)c5ccccc45)cc3)cc2)cc1. The summed E-state index contributed by atoms with van der Waals surface area (Å²) in [5, 5.41) is 7.58. The molecule has 0 saturated carbocycles. The molecular weight excluding hydrogens is 577 g/mol. The Labute approximate surface area is 281 Å². The summed E-state index contributed by atoms with van der Waals surface area (Å²) in [6.07, 6.45) is 0. The van der Waals surface area contributed by atoms with E-state index in [1.807, 2.05) is 0 Å². The fourth-order valence-electron chi connectivity index (χ4n) is 7.35. The lowest BCUT2D eigenvalue weighted by atomic mass is 9.84. The maximum atomic E-state index is 2.36. The fraction of sp³-hybridized carbons (Fsp3) is 0. The minimum atomic E-state index is 1.22. The molecule has 0 heterocycles. The van der Waals surface area contributed by atoms with Crippen LogP contribution in [0.25, 0.3) is 88.0 Å². The molecule has 0 heteroatoms. The Kier molecular flexibility index (Phi) is 6.91. The van der Waals surface area contributed by atoms with Crippen LogP contribution in [0.1, 0.15) is 0 Å². The summed E-state index contributed by atoms with van der Waals surface area (Å²) in [6, 6.07) is 70.7. The van der Waals surface area contributed by atoms with Crippen molar-refractivity contribution < 1.29 is 0 Å². The molecule has 0 amide bonds. The largest absolute Gasteiger partial charge is 0.0622 e. The van der Waals surface area contributed by atoms with Gasteiger partial charge in [-0.05, 0) is 94.0 Å². The zero-order valence-corrected chi connectivity index (χ0v) is 26.5. The van der Waals surface area contributed by atoms with E-state index in [2.05, 4.69) is 194 Å². The molecule has 48 heavy (non-hydrogen) atoms. The van der Waals surface area contributed by atoms with Gasteiger partial charge in [-0.2, -0.15) is 0 Å². The van der Waals surface area contributed by atoms with E-state index in [4.69, 9.17) is 0 Å². The van der Waals surface area contributed by atoms with Crippen molar-refractivity contribution in [2.24, 2.45) is 0 Å². The van der Waals surface area contributed by atoms with Crippen LogP contribution < -0.4 is 0 Å². The summed E-state index contributed by atoms with van der Waals surface area (Å²) in [5.41, 5.74) is 12.4. The lowest BCUT2D eigenvalue weighted by molar-refractivity contribution is 1.59. The molecule has 9 rings (SSSR count). The van der Waals surface area contributed by atoms with Crippen molar-refractivity contribution in [1.82, 2.24) is 0 Å². The minimum absolute atomic E-state index is 1.22. The molecule has 0 bridgehead atoms. The molecule has 224 valence electrons. The highest BCUT2D eigenvalue weighted by Crippen LogP contribution is 2.45. The van der Waals surface area contributed by atoms with Crippen LogP contribution >= 0.6 is 0 Å². The van der Waals surface area contributed by atoms with E-state index in [9.17, 15) is 0 Å². The van der Waals surface area contributed by atoms with Gasteiger partial charge < -0.3 is 0 Å². The second kappa shape index (κ2) is 11.8. The van der Waals surface area contributed by atoms with E-state index in [0.29, 0.717) is 0 Å². The molecule has 0 aliphatic heterocycles. The van der Waals surface area contributed by atoms with Gasteiger partial charge in [-0.25, -0.2) is 0 Å². The Balaban J connectivity index is 1.20. The van der Waals surface area contributed by atoms with Gasteiger partial charge in [0.15, 0.2) is 0 Å². The Bertz CT molecular complexity index is 2500. The zero-order chi connectivity index (χ0) is 31.9. The number of benzene rings is 9. The van der Waals surface area contributed by atoms with Crippen LogP contribution in [0.4, 0.5) is 0 Å². The molecule has 0 radical (unpaired) electrons. The van der Waals surface area contributed by atoms with E-state index in [1.165, 1.54) is 88.0 Å². The van der Waals surface area contributed by atoms with Crippen molar-refractivity contribution >= 4 is 32.3 Å². The van der Waals surface area contributed by atoms with E-state index >= 15 is 0 Å². The first-order valence-electron chi connectivity index (χ1n) is 16.6. The monoisotopic (exact) mass is 608 g/mol. The Morgan fingerprint density at radius 3 is 1.12 bits per heavy atom. The van der Waals surface area contributed by atoms with Gasteiger partial charge in [0, 0.05) is 0 Å². The molecule has 0 unspecified atom stereocenters. The predicted octanol–water partition coefficient (Wildman–Crippen LogP) is 13.5. The Morgan fingerprint density at radius 2 is 0.604 bits per heavy atom. The summed E-state index contributed by atoms with van der Waals surface area (Å²) in [5.74, 6) is 0. The first-order valence-corrected chi connectivity index (χ1v) is 16.6. The highest BCUT2D eigenvalue weighted by atomic mass is 14.2. The lowest BCUT2D eigenvalue weighted by Gasteiger charge is -2.19. The average molecular weight is 609 g/mol. The van der Waals surface area contributed by atoms with Crippen molar-refractivity contribution in [2.45, 2.75) is 0 Å². The summed E-state index contributed by atoms with van der Waals surface area (Å²) in [6.45, 7) is 0. The van der Waals surface area contributed by atoms with Crippen molar-refractivity contribution in [2.75, 3.05) is 0 Å². The molecule has 0 spiro atoms. The molecule has 0 saturated heterocycles. The van der Waals surface area contributed by atoms with Crippen LogP contribution in [0.5, 0.6) is 0 Å². The highest BCUT2D eigenvalue weighted by molar-refractivity contribution is 6.23. The van der Waals surface area contributed by atoms with E-state index in [1.54, 1.807) is 0 Å². The van der Waals surface area contributed by atoms with Gasteiger partial charge in [-0.3, -0.25) is 0 Å². The summed E-state index contributed by atoms with van der Waals surface area (Å²) >= 11 is 0. The predicted molar refractivity (Wildman–Crippen MR) is 206 cm³/mol. The smallest absolute Gasteiger partial charge is 0.00201 e. The number of fused-ring (bicyclic) bond motifs is 3. The van der Waals surface area contributed by atoms with Crippen LogP contribution in [0.2, 0.25) is 0 Å². The Hall–Kier alpha value is -6.24. The molecule has 0 aliphatic carbocycles. The topological polar surface area (TPSA) is 0 Å². The van der Waals surface area contributed by atoms with E-state index in [0.717, 1.165) is 0 Å². The van der Waals surface area contributed by atoms with Crippen molar-refractivity contribution in [1.29, 1.82) is 0 Å². The van der Waals surface area contributed by atoms with Gasteiger partial charge in [0.25, 0.3) is 0 Å². The van der Waals surface area contributed by atoms with Crippen LogP contribution in [0.15, 0.2) is 194 Å². The lowest BCUT2D eigenvalue weighted by Crippen LogP contribution is -1.92. The second-order valence-corrected chi connectivity index (χ2v) is 12.5. The third-order valence-corrected chi connectivity index (χ3v) is 9.69. The van der Waals surface area contributed by atoms with Gasteiger partial charge in [-0.15, -0.1) is 0 Å². The third-order valence-electron chi connectivity index (χ3n) is 9.69. The normalized spacial score (nSPS) is 11.3. The molecule has 9 aromatic rings. The van der Waals surface area contributed by atoms with Gasteiger partial charge >= 0.3 is 0 Å². The number of rotatable bonds is 5. The van der Waals surface area contributed by atoms with Crippen LogP contribution in [-0.4, -0.2) is 0 Å². The van der Waals surface area contributed by atoms with E-state index in [-0.39, 0.29) is 0 Å². The molecule has 0 aliphatic rings. The highest BCUT2D eigenvalue weighted by Gasteiger charge is 2.18. The van der Waals surface area contributed by atoms with Crippen molar-refractivity contribution in [3.63, 3.8) is 0 Å². The fourth-order valence-corrected chi connectivity index (χ4v) is 7.35. The molecule has 0 aromatic heterocycles. The molecule has 0 fully saturated rings. The third kappa shape index (κ3) is 4.87. The van der Waals surface area contributed by atoms with Crippen LogP contribution in [-0.2, 0) is 0 Å². The van der Waals surface area contributed by atoms with Gasteiger partial charge in [-0.1, -0.05) is 188 Å². The molecular formula is C48H32. The zero-order valence-electron chi connectivity index (χ0n) is 26.5. The van der Waals surface area contributed by atoms with E-state index < -0.39 is 0 Å². The number of hydrogen-bond acceptors (Lipinski definition) is 0. The first kappa shape index (κ1) is 28.0. The summed E-state index contributed by atoms with van der Waals surface area (Å²) in [4.78, 5) is 0. The average Bonchev–Trinajstić information content (AvgIpc) is 3.17.